The molecular formula is C8H12N4O. The molecule has 1 heterocycles. The van der Waals surface area contributed by atoms with E-state index in [1.165, 1.54) is 6.20 Å². The molecule has 1 aromatic heterocycles. The van der Waals surface area contributed by atoms with Crippen LogP contribution in [0.3, 0.4) is 0 Å². The molecule has 0 spiro atoms. The largest absolute Gasteiger partial charge is 0.369 e. The molecule has 0 aliphatic rings. The van der Waals surface area contributed by atoms with E-state index in [0.29, 0.717) is 11.5 Å². The third-order valence-corrected chi connectivity index (χ3v) is 1.45. The van der Waals surface area contributed by atoms with E-state index in [0.717, 1.165) is 6.54 Å². The molecule has 2 N–H and O–H groups in total. The molecule has 0 aliphatic carbocycles. The van der Waals surface area contributed by atoms with E-state index in [-0.39, 0.29) is 5.91 Å². The lowest BCUT2D eigenvalue weighted by atomic mass is 10.4. The van der Waals surface area contributed by atoms with E-state index >= 15 is 0 Å². The number of amides is 1. The van der Waals surface area contributed by atoms with E-state index in [2.05, 4.69) is 20.6 Å². The molecule has 1 aromatic rings. The van der Waals surface area contributed by atoms with Gasteiger partial charge >= 0.3 is 0 Å². The molecule has 5 heteroatoms. The van der Waals surface area contributed by atoms with Gasteiger partial charge in [-0.25, -0.2) is 4.98 Å². The first-order valence-corrected chi connectivity index (χ1v) is 4.06. The highest BCUT2D eigenvalue weighted by Gasteiger charge is 2.05. The predicted octanol–water partition coefficient (Wildman–Crippen LogP) is 0.268. The van der Waals surface area contributed by atoms with Gasteiger partial charge in [-0.15, -0.1) is 0 Å². The molecule has 0 aromatic carbocycles. The summed E-state index contributed by atoms with van der Waals surface area (Å²) < 4.78 is 0. The highest BCUT2D eigenvalue weighted by Crippen LogP contribution is 2.00. The topological polar surface area (TPSA) is 66.9 Å². The summed E-state index contributed by atoms with van der Waals surface area (Å²) in [6.45, 7) is 2.71. The summed E-state index contributed by atoms with van der Waals surface area (Å²) in [5.41, 5.74) is 0.320. The highest BCUT2D eigenvalue weighted by molar-refractivity contribution is 5.91. The van der Waals surface area contributed by atoms with E-state index in [1.54, 1.807) is 13.2 Å². The number of hydrogen-bond donors (Lipinski definition) is 2. The first kappa shape index (κ1) is 9.44. The number of nitrogens with one attached hydrogen (secondary N) is 2. The van der Waals surface area contributed by atoms with E-state index in [1.807, 2.05) is 6.92 Å². The zero-order valence-corrected chi connectivity index (χ0v) is 7.66. The Labute approximate surface area is 76.6 Å². The second-order valence-corrected chi connectivity index (χ2v) is 2.40. The zero-order valence-electron chi connectivity index (χ0n) is 7.66. The molecule has 0 saturated carbocycles. The Bertz CT molecular complexity index is 300. The van der Waals surface area contributed by atoms with Crippen LogP contribution in [0.1, 0.15) is 17.4 Å². The second-order valence-electron chi connectivity index (χ2n) is 2.40. The van der Waals surface area contributed by atoms with Crippen LogP contribution in [0.5, 0.6) is 0 Å². The summed E-state index contributed by atoms with van der Waals surface area (Å²) in [5, 5.41) is 5.45. The minimum absolute atomic E-state index is 0.229. The van der Waals surface area contributed by atoms with Crippen LogP contribution in [0.15, 0.2) is 12.4 Å². The third-order valence-electron chi connectivity index (χ3n) is 1.45. The van der Waals surface area contributed by atoms with Crippen molar-refractivity contribution in [2.75, 3.05) is 18.9 Å². The molecule has 0 bridgehead atoms. The molecule has 0 aliphatic heterocycles. The van der Waals surface area contributed by atoms with Gasteiger partial charge < -0.3 is 10.6 Å². The molecule has 0 radical (unpaired) electrons. The molecule has 5 nitrogen and oxygen atoms in total. The average molecular weight is 180 g/mol. The van der Waals surface area contributed by atoms with Gasteiger partial charge in [0.25, 0.3) is 5.91 Å². The number of carbonyl (C=O) groups is 1. The monoisotopic (exact) mass is 180 g/mol. The highest BCUT2D eigenvalue weighted by atomic mass is 16.1. The number of carbonyl (C=O) groups excluding carboxylic acids is 1. The maximum atomic E-state index is 11.1. The summed E-state index contributed by atoms with van der Waals surface area (Å²) in [6.07, 6.45) is 3.01. The van der Waals surface area contributed by atoms with Crippen molar-refractivity contribution in [1.29, 1.82) is 0 Å². The van der Waals surface area contributed by atoms with Crippen LogP contribution in [0.25, 0.3) is 0 Å². The Morgan fingerprint density at radius 3 is 2.92 bits per heavy atom. The summed E-state index contributed by atoms with van der Waals surface area (Å²) in [5.74, 6) is 0.385. The van der Waals surface area contributed by atoms with Crippen molar-refractivity contribution in [3.05, 3.63) is 18.1 Å². The van der Waals surface area contributed by atoms with Crippen molar-refractivity contribution in [3.63, 3.8) is 0 Å². The van der Waals surface area contributed by atoms with Crippen LogP contribution >= 0.6 is 0 Å². The molecule has 0 atom stereocenters. The van der Waals surface area contributed by atoms with E-state index < -0.39 is 0 Å². The predicted molar refractivity (Wildman–Crippen MR) is 49.6 cm³/mol. The lowest BCUT2D eigenvalue weighted by molar-refractivity contribution is 0.0958. The summed E-state index contributed by atoms with van der Waals surface area (Å²) >= 11 is 0. The average Bonchev–Trinajstić information content (AvgIpc) is 2.18. The van der Waals surface area contributed by atoms with Crippen LogP contribution < -0.4 is 10.6 Å². The first-order valence-electron chi connectivity index (χ1n) is 4.06. The maximum absolute atomic E-state index is 11.1. The van der Waals surface area contributed by atoms with E-state index in [4.69, 9.17) is 0 Å². The normalized spacial score (nSPS) is 9.38. The number of nitrogens with zero attached hydrogens (tertiary/aromatic N) is 2. The smallest absolute Gasteiger partial charge is 0.271 e. The summed E-state index contributed by atoms with van der Waals surface area (Å²) in [4.78, 5) is 19.1. The Morgan fingerprint density at radius 1 is 1.54 bits per heavy atom. The van der Waals surface area contributed by atoms with Gasteiger partial charge in [-0.3, -0.25) is 9.78 Å². The molecular weight excluding hydrogens is 168 g/mol. The fourth-order valence-corrected chi connectivity index (χ4v) is 0.870. The quantitative estimate of drug-likeness (QED) is 0.700. The molecule has 13 heavy (non-hydrogen) atoms. The van der Waals surface area contributed by atoms with Crippen LogP contribution in [-0.4, -0.2) is 29.5 Å². The second kappa shape index (κ2) is 4.39. The van der Waals surface area contributed by atoms with Crippen molar-refractivity contribution in [3.8, 4) is 0 Å². The van der Waals surface area contributed by atoms with Gasteiger partial charge in [0.05, 0.1) is 12.4 Å². The van der Waals surface area contributed by atoms with Crippen LogP contribution in [0.2, 0.25) is 0 Å². The van der Waals surface area contributed by atoms with Gasteiger partial charge in [-0.1, -0.05) is 0 Å². The third kappa shape index (κ3) is 2.40. The van der Waals surface area contributed by atoms with Crippen molar-refractivity contribution in [2.45, 2.75) is 6.92 Å². The van der Waals surface area contributed by atoms with Gasteiger partial charge in [0, 0.05) is 13.6 Å². The minimum atomic E-state index is -0.229. The van der Waals surface area contributed by atoms with Gasteiger partial charge in [-0.2, -0.15) is 0 Å². The molecule has 70 valence electrons. The van der Waals surface area contributed by atoms with Crippen molar-refractivity contribution >= 4 is 11.7 Å². The lowest BCUT2D eigenvalue weighted by Crippen LogP contribution is -2.20. The van der Waals surface area contributed by atoms with Gasteiger partial charge in [0.2, 0.25) is 0 Å². The van der Waals surface area contributed by atoms with Crippen molar-refractivity contribution < 1.29 is 4.79 Å². The number of hydrogen-bond acceptors (Lipinski definition) is 4. The van der Waals surface area contributed by atoms with Crippen LogP contribution in [0, 0.1) is 0 Å². The van der Waals surface area contributed by atoms with E-state index in [9.17, 15) is 4.79 Å². The molecule has 1 amide bonds. The number of rotatable bonds is 3. The lowest BCUT2D eigenvalue weighted by Gasteiger charge is -2.02. The Hall–Kier alpha value is -1.65. The Balaban J connectivity index is 2.85. The SMILES string of the molecule is CCNc1cncc(C(=O)NC)n1. The van der Waals surface area contributed by atoms with Gasteiger partial charge in [0.1, 0.15) is 11.5 Å². The molecule has 1 rings (SSSR count). The molecule has 0 fully saturated rings. The molecule has 0 saturated heterocycles. The molecule has 0 unspecified atom stereocenters. The summed E-state index contributed by atoms with van der Waals surface area (Å²) in [7, 11) is 1.56. The fraction of sp³-hybridized carbons (Fsp3) is 0.375. The number of anilines is 1. The van der Waals surface area contributed by atoms with Gasteiger partial charge in [0.15, 0.2) is 0 Å². The van der Waals surface area contributed by atoms with Crippen molar-refractivity contribution in [1.82, 2.24) is 15.3 Å². The van der Waals surface area contributed by atoms with Crippen LogP contribution in [0.4, 0.5) is 5.82 Å². The van der Waals surface area contributed by atoms with Crippen molar-refractivity contribution in [2.24, 2.45) is 0 Å². The maximum Gasteiger partial charge on any atom is 0.271 e. The standard InChI is InChI=1S/C8H12N4O/c1-3-11-7-5-10-4-6(12-7)8(13)9-2/h4-5H,3H2,1-2H3,(H,9,13)(H,11,12). The van der Waals surface area contributed by atoms with Crippen LogP contribution in [-0.2, 0) is 0 Å². The minimum Gasteiger partial charge on any atom is -0.369 e. The fourth-order valence-electron chi connectivity index (χ4n) is 0.870. The summed E-state index contributed by atoms with van der Waals surface area (Å²) in [6, 6.07) is 0. The Kier molecular flexibility index (Phi) is 3.19. The first-order chi connectivity index (χ1) is 6.27. The Morgan fingerprint density at radius 2 is 2.31 bits per heavy atom. The zero-order chi connectivity index (χ0) is 9.68. The van der Waals surface area contributed by atoms with Gasteiger partial charge in [-0.05, 0) is 6.92 Å². The number of aromatic nitrogens is 2.